The van der Waals surface area contributed by atoms with Crippen molar-refractivity contribution in [1.82, 2.24) is 9.47 Å². The van der Waals surface area contributed by atoms with E-state index in [1.54, 1.807) is 24.5 Å². The highest BCUT2D eigenvalue weighted by molar-refractivity contribution is 6.02. The van der Waals surface area contributed by atoms with Gasteiger partial charge in [0.25, 0.3) is 5.56 Å². The van der Waals surface area contributed by atoms with Gasteiger partial charge >= 0.3 is 5.63 Å². The maximum Gasteiger partial charge on any atom is 0.340 e. The summed E-state index contributed by atoms with van der Waals surface area (Å²) >= 11 is 0. The minimum absolute atomic E-state index is 0.0138. The molecule has 2 bridgehead atoms. The number of fused-ring (bicyclic) bond motifs is 6. The third-order valence-corrected chi connectivity index (χ3v) is 8.23. The Labute approximate surface area is 217 Å². The van der Waals surface area contributed by atoms with E-state index in [0.717, 1.165) is 39.6 Å². The Morgan fingerprint density at radius 1 is 0.947 bits per heavy atom. The van der Waals surface area contributed by atoms with E-state index in [-0.39, 0.29) is 29.7 Å². The summed E-state index contributed by atoms with van der Waals surface area (Å²) in [5, 5.41) is 1.72. The maximum absolute atomic E-state index is 13.5. The number of nitrogens with zero attached hydrogens (tertiary/aromatic N) is 2. The molecule has 0 unspecified atom stereocenters. The molecule has 3 aromatic heterocycles. The first kappa shape index (κ1) is 22.8. The zero-order chi connectivity index (χ0) is 26.0. The molecule has 2 atom stereocenters. The van der Waals surface area contributed by atoms with Crippen LogP contribution in [0.4, 0.5) is 0 Å². The average Bonchev–Trinajstić information content (AvgIpc) is 3.34. The van der Waals surface area contributed by atoms with Crippen LogP contribution in [0.2, 0.25) is 0 Å². The summed E-state index contributed by atoms with van der Waals surface area (Å²) < 4.78 is 13.3. The molecule has 1 amide bonds. The monoisotopic (exact) mass is 506 g/mol. The third kappa shape index (κ3) is 3.61. The van der Waals surface area contributed by atoms with E-state index in [1.165, 1.54) is 0 Å². The summed E-state index contributed by atoms with van der Waals surface area (Å²) in [7, 11) is 0. The van der Waals surface area contributed by atoms with Crippen LogP contribution in [-0.4, -0.2) is 28.5 Å². The minimum Gasteiger partial charge on any atom is -0.464 e. The number of aromatic nitrogens is 1. The number of carbonyl (C=O) groups is 1. The topological polar surface area (TPSA) is 85.7 Å². The van der Waals surface area contributed by atoms with E-state index in [2.05, 4.69) is 0 Å². The maximum atomic E-state index is 13.5. The van der Waals surface area contributed by atoms with Crippen LogP contribution in [0, 0.1) is 12.8 Å². The fourth-order valence-electron chi connectivity index (χ4n) is 6.32. The van der Waals surface area contributed by atoms with Gasteiger partial charge in [-0.1, -0.05) is 36.4 Å². The molecule has 5 heterocycles. The quantitative estimate of drug-likeness (QED) is 0.326. The number of likely N-dealkylation sites (tertiary alicyclic amines) is 1. The third-order valence-electron chi connectivity index (χ3n) is 8.23. The molecule has 2 aromatic carbocycles. The van der Waals surface area contributed by atoms with Gasteiger partial charge in [-0.3, -0.25) is 9.59 Å². The van der Waals surface area contributed by atoms with Crippen LogP contribution in [0.5, 0.6) is 0 Å². The molecule has 5 aromatic rings. The smallest absolute Gasteiger partial charge is 0.340 e. The Morgan fingerprint density at radius 2 is 1.79 bits per heavy atom. The Morgan fingerprint density at radius 3 is 2.63 bits per heavy atom. The summed E-state index contributed by atoms with van der Waals surface area (Å²) in [6, 6.07) is 19.1. The van der Waals surface area contributed by atoms with E-state index in [9.17, 15) is 14.4 Å². The van der Waals surface area contributed by atoms with Crippen molar-refractivity contribution in [2.24, 2.45) is 5.92 Å². The Balaban J connectivity index is 1.22. The zero-order valence-corrected chi connectivity index (χ0v) is 21.0. The molecule has 1 saturated heterocycles. The highest BCUT2D eigenvalue weighted by Gasteiger charge is 2.36. The molecule has 0 N–H and O–H groups in total. The average molecular weight is 507 g/mol. The van der Waals surface area contributed by atoms with Gasteiger partial charge in [-0.05, 0) is 42.5 Å². The van der Waals surface area contributed by atoms with Crippen LogP contribution < -0.4 is 11.2 Å². The van der Waals surface area contributed by atoms with Crippen molar-refractivity contribution in [2.45, 2.75) is 32.2 Å². The summed E-state index contributed by atoms with van der Waals surface area (Å²) in [4.78, 5) is 40.7. The second-order valence-corrected chi connectivity index (χ2v) is 10.5. The molecule has 1 fully saturated rings. The number of furan rings is 1. The predicted molar refractivity (Wildman–Crippen MR) is 144 cm³/mol. The van der Waals surface area contributed by atoms with Gasteiger partial charge in [0.15, 0.2) is 0 Å². The molecule has 7 rings (SSSR count). The van der Waals surface area contributed by atoms with Crippen molar-refractivity contribution in [3.8, 4) is 11.1 Å². The summed E-state index contributed by atoms with van der Waals surface area (Å²) in [6.45, 7) is 3.64. The lowest BCUT2D eigenvalue weighted by molar-refractivity contribution is -0.133. The highest BCUT2D eigenvalue weighted by Crippen LogP contribution is 2.36. The molecule has 7 nitrogen and oxygen atoms in total. The SMILES string of the molecule is Cc1c(CC(=O)N2C[C@H]3C[C@@H](C2)c2cccc(=O)n2C3)c(=O)oc2cc3occ(-c4ccccc4)c3cc12. The molecule has 0 aliphatic carbocycles. The summed E-state index contributed by atoms with van der Waals surface area (Å²) in [5.41, 5.74) is 4.74. The first-order valence-electron chi connectivity index (χ1n) is 13.0. The van der Waals surface area contributed by atoms with Crippen molar-refractivity contribution >= 4 is 27.8 Å². The molecule has 0 spiro atoms. The molecular formula is C31H26N2O5. The van der Waals surface area contributed by atoms with Gasteiger partial charge in [0.05, 0.1) is 18.2 Å². The van der Waals surface area contributed by atoms with E-state index in [0.29, 0.717) is 36.4 Å². The molecule has 2 aliphatic heterocycles. The van der Waals surface area contributed by atoms with Crippen LogP contribution in [0.15, 0.2) is 85.4 Å². The number of pyridine rings is 1. The van der Waals surface area contributed by atoms with E-state index in [4.69, 9.17) is 8.83 Å². The van der Waals surface area contributed by atoms with Crippen LogP contribution >= 0.6 is 0 Å². The number of piperidine rings is 1. The van der Waals surface area contributed by atoms with Crippen molar-refractivity contribution in [2.75, 3.05) is 13.1 Å². The van der Waals surface area contributed by atoms with Gasteiger partial charge in [0, 0.05) is 59.7 Å². The summed E-state index contributed by atoms with van der Waals surface area (Å²) in [6.07, 6.45) is 2.67. The Bertz CT molecular complexity index is 1850. The number of carbonyl (C=O) groups excluding carboxylic acids is 1. The number of benzene rings is 2. The molecular weight excluding hydrogens is 480 g/mol. The number of hydrogen-bond acceptors (Lipinski definition) is 5. The normalized spacial score (nSPS) is 18.6. The fourth-order valence-corrected chi connectivity index (χ4v) is 6.32. The first-order chi connectivity index (χ1) is 18.5. The standard InChI is InChI=1S/C31H26N2O5/c1-18-22-11-24-25(20-6-3-2-4-7-20)17-37-27(24)13-28(22)38-31(36)23(18)12-30(35)32-14-19-10-21(16-32)26-8-5-9-29(34)33(26)15-19/h2-9,11,13,17,19,21H,10,12,14-16H2,1H3/t19-,21+/m1/s1. The zero-order valence-electron chi connectivity index (χ0n) is 21.0. The number of aryl methyl sites for hydroxylation is 1. The molecule has 190 valence electrons. The largest absolute Gasteiger partial charge is 0.464 e. The summed E-state index contributed by atoms with van der Waals surface area (Å²) in [5.74, 6) is 0.265. The number of hydrogen-bond donors (Lipinski definition) is 0. The van der Waals surface area contributed by atoms with E-state index in [1.807, 2.05) is 58.9 Å². The fraction of sp³-hybridized carbons (Fsp3) is 0.258. The Kier molecular flexibility index (Phi) is 5.15. The highest BCUT2D eigenvalue weighted by atomic mass is 16.4. The second kappa shape index (κ2) is 8.58. The predicted octanol–water partition coefficient (Wildman–Crippen LogP) is 4.86. The van der Waals surface area contributed by atoms with Crippen molar-refractivity contribution in [3.05, 3.63) is 105 Å². The lowest BCUT2D eigenvalue weighted by Crippen LogP contribution is -2.49. The van der Waals surface area contributed by atoms with Gasteiger partial charge in [-0.15, -0.1) is 0 Å². The van der Waals surface area contributed by atoms with Crippen LogP contribution in [0.1, 0.15) is 29.2 Å². The van der Waals surface area contributed by atoms with Gasteiger partial charge in [-0.25, -0.2) is 4.79 Å². The van der Waals surface area contributed by atoms with Gasteiger partial charge in [-0.2, -0.15) is 0 Å². The lowest BCUT2D eigenvalue weighted by Gasteiger charge is -2.42. The van der Waals surface area contributed by atoms with Crippen LogP contribution in [-0.2, 0) is 17.8 Å². The molecule has 0 radical (unpaired) electrons. The first-order valence-corrected chi connectivity index (χ1v) is 13.0. The molecule has 38 heavy (non-hydrogen) atoms. The Hall–Kier alpha value is -4.39. The van der Waals surface area contributed by atoms with Crippen LogP contribution in [0.25, 0.3) is 33.1 Å². The second-order valence-electron chi connectivity index (χ2n) is 10.5. The van der Waals surface area contributed by atoms with Crippen molar-refractivity contribution in [3.63, 3.8) is 0 Å². The van der Waals surface area contributed by atoms with Crippen molar-refractivity contribution < 1.29 is 13.6 Å². The lowest BCUT2D eigenvalue weighted by atomic mass is 9.83. The molecule has 0 saturated carbocycles. The van der Waals surface area contributed by atoms with Crippen LogP contribution in [0.3, 0.4) is 0 Å². The number of amides is 1. The van der Waals surface area contributed by atoms with Gasteiger partial charge in [0.2, 0.25) is 5.91 Å². The van der Waals surface area contributed by atoms with E-state index < -0.39 is 5.63 Å². The minimum atomic E-state index is -0.494. The van der Waals surface area contributed by atoms with Gasteiger partial charge < -0.3 is 18.3 Å². The van der Waals surface area contributed by atoms with Gasteiger partial charge in [0.1, 0.15) is 11.2 Å². The number of rotatable bonds is 3. The van der Waals surface area contributed by atoms with E-state index >= 15 is 0 Å². The molecule has 2 aliphatic rings. The van der Waals surface area contributed by atoms with Crippen molar-refractivity contribution in [1.29, 1.82) is 0 Å². The molecule has 7 heteroatoms.